The molecule has 0 saturated heterocycles. The van der Waals surface area contributed by atoms with E-state index in [1.807, 2.05) is 16.5 Å². The third-order valence-electron chi connectivity index (χ3n) is 5.47. The number of benzene rings is 1. The van der Waals surface area contributed by atoms with Crippen molar-refractivity contribution in [3.05, 3.63) is 53.1 Å². The van der Waals surface area contributed by atoms with Crippen LogP contribution in [0, 0.1) is 5.92 Å². The van der Waals surface area contributed by atoms with Crippen LogP contribution >= 0.6 is 0 Å². The smallest absolute Gasteiger partial charge is 0.223 e. The van der Waals surface area contributed by atoms with Gasteiger partial charge >= 0.3 is 0 Å². The van der Waals surface area contributed by atoms with Crippen LogP contribution in [0.5, 0.6) is 0 Å². The van der Waals surface area contributed by atoms with Crippen molar-refractivity contribution in [1.82, 2.24) is 14.5 Å². The average Bonchev–Trinajstić information content (AvgIpc) is 3.16. The van der Waals surface area contributed by atoms with Crippen molar-refractivity contribution < 1.29 is 9.90 Å². The van der Waals surface area contributed by atoms with Gasteiger partial charge in [0.25, 0.3) is 0 Å². The molecule has 0 unspecified atom stereocenters. The Morgan fingerprint density at radius 1 is 1.25 bits per heavy atom. The molecule has 2 aliphatic rings. The van der Waals surface area contributed by atoms with Crippen LogP contribution in [-0.2, 0) is 37.6 Å². The van der Waals surface area contributed by atoms with Crippen LogP contribution in [0.3, 0.4) is 0 Å². The fraction of sp³-hybridized carbons (Fsp3) is 0.474. The highest BCUT2D eigenvalue weighted by molar-refractivity contribution is 5.77. The first-order valence-electron chi connectivity index (χ1n) is 8.62. The first-order chi connectivity index (χ1) is 11.7. The summed E-state index contributed by atoms with van der Waals surface area (Å²) in [4.78, 5) is 19.1. The van der Waals surface area contributed by atoms with E-state index in [0.29, 0.717) is 25.3 Å². The summed E-state index contributed by atoms with van der Waals surface area (Å²) in [5.74, 6) is 0.516. The second-order valence-corrected chi connectivity index (χ2v) is 7.06. The quantitative estimate of drug-likeness (QED) is 0.930. The Labute approximate surface area is 141 Å². The minimum Gasteiger partial charge on any atom is -0.394 e. The number of aliphatic hydroxyl groups is 1. The number of hydrogen-bond donors (Lipinski definition) is 1. The number of rotatable bonds is 3. The van der Waals surface area contributed by atoms with Gasteiger partial charge in [0.1, 0.15) is 0 Å². The van der Waals surface area contributed by atoms with Gasteiger partial charge < -0.3 is 14.6 Å². The first-order valence-corrected chi connectivity index (χ1v) is 8.62. The zero-order valence-corrected chi connectivity index (χ0v) is 14.0. The van der Waals surface area contributed by atoms with E-state index in [1.165, 1.54) is 11.1 Å². The second kappa shape index (κ2) is 6.06. The number of aromatic nitrogens is 2. The largest absolute Gasteiger partial charge is 0.394 e. The van der Waals surface area contributed by atoms with E-state index in [0.717, 1.165) is 24.2 Å². The third kappa shape index (κ3) is 2.63. The van der Waals surface area contributed by atoms with E-state index < -0.39 is 0 Å². The maximum Gasteiger partial charge on any atom is 0.223 e. The number of carbonyl (C=O) groups is 1. The number of fused-ring (bicyclic) bond motifs is 2. The van der Waals surface area contributed by atoms with Crippen LogP contribution in [0.2, 0.25) is 0 Å². The molecule has 5 nitrogen and oxygen atoms in total. The third-order valence-corrected chi connectivity index (χ3v) is 5.47. The SMILES string of the molecule is Cn1cnc2c1C[C@H](CO)N(C(=O)CC1Cc3ccccc3C1)C2. The summed E-state index contributed by atoms with van der Waals surface area (Å²) < 4.78 is 1.99. The second-order valence-electron chi connectivity index (χ2n) is 7.06. The molecule has 0 bridgehead atoms. The Hall–Kier alpha value is -2.14. The number of amides is 1. The van der Waals surface area contributed by atoms with Crippen LogP contribution in [0.25, 0.3) is 0 Å². The van der Waals surface area contributed by atoms with E-state index in [4.69, 9.17) is 0 Å². The number of nitrogens with zero attached hydrogens (tertiary/aromatic N) is 3. The van der Waals surface area contributed by atoms with Gasteiger partial charge in [-0.3, -0.25) is 4.79 Å². The number of imidazole rings is 1. The molecule has 0 spiro atoms. The Balaban J connectivity index is 1.46. The zero-order valence-electron chi connectivity index (χ0n) is 14.0. The van der Waals surface area contributed by atoms with Crippen molar-refractivity contribution in [3.63, 3.8) is 0 Å². The van der Waals surface area contributed by atoms with Crippen molar-refractivity contribution in [3.8, 4) is 0 Å². The highest BCUT2D eigenvalue weighted by atomic mass is 16.3. The maximum atomic E-state index is 12.9. The molecule has 1 aromatic carbocycles. The Kier molecular flexibility index (Phi) is 3.88. The minimum atomic E-state index is -0.135. The molecule has 2 aromatic rings. The standard InChI is InChI=1S/C19H23N3O2/c1-21-12-20-17-10-22(16(11-23)9-18(17)21)19(24)8-13-6-14-4-2-3-5-15(14)7-13/h2-5,12-13,16,23H,6-11H2,1H3/t16-/m1/s1. The van der Waals surface area contributed by atoms with Crippen LogP contribution in [0.4, 0.5) is 0 Å². The van der Waals surface area contributed by atoms with Crippen molar-refractivity contribution in [2.45, 2.75) is 38.3 Å². The van der Waals surface area contributed by atoms with Crippen LogP contribution in [0.1, 0.15) is 28.9 Å². The molecule has 0 fully saturated rings. The molecule has 1 amide bonds. The van der Waals surface area contributed by atoms with Crippen molar-refractivity contribution in [2.24, 2.45) is 13.0 Å². The topological polar surface area (TPSA) is 58.4 Å². The number of aryl methyl sites for hydroxylation is 1. The molecule has 4 rings (SSSR count). The molecular formula is C19H23N3O2. The summed E-state index contributed by atoms with van der Waals surface area (Å²) in [5.41, 5.74) is 4.84. The predicted molar refractivity (Wildman–Crippen MR) is 90.3 cm³/mol. The van der Waals surface area contributed by atoms with E-state index in [-0.39, 0.29) is 18.6 Å². The van der Waals surface area contributed by atoms with Gasteiger partial charge in [-0.2, -0.15) is 0 Å². The lowest BCUT2D eigenvalue weighted by atomic mass is 9.98. The molecule has 126 valence electrons. The summed E-state index contributed by atoms with van der Waals surface area (Å²) in [6, 6.07) is 8.33. The van der Waals surface area contributed by atoms with Gasteiger partial charge in [-0.15, -0.1) is 0 Å². The monoisotopic (exact) mass is 325 g/mol. The molecular weight excluding hydrogens is 302 g/mol. The van der Waals surface area contributed by atoms with Crippen LogP contribution in [-0.4, -0.2) is 38.1 Å². The normalized spacial score (nSPS) is 20.1. The number of hydrogen-bond acceptors (Lipinski definition) is 3. The fourth-order valence-corrected chi connectivity index (χ4v) is 4.14. The van der Waals surface area contributed by atoms with Gasteiger partial charge in [0.2, 0.25) is 5.91 Å². The number of aliphatic hydroxyl groups excluding tert-OH is 1. The predicted octanol–water partition coefficient (Wildman–Crippen LogP) is 1.47. The van der Waals surface area contributed by atoms with Crippen molar-refractivity contribution in [2.75, 3.05) is 6.61 Å². The van der Waals surface area contributed by atoms with Gasteiger partial charge in [0.05, 0.1) is 31.2 Å². The van der Waals surface area contributed by atoms with Gasteiger partial charge in [-0.25, -0.2) is 4.98 Å². The molecule has 1 aliphatic carbocycles. The fourth-order valence-electron chi connectivity index (χ4n) is 4.14. The summed E-state index contributed by atoms with van der Waals surface area (Å²) in [6.07, 6.45) is 4.98. The summed E-state index contributed by atoms with van der Waals surface area (Å²) in [7, 11) is 1.97. The zero-order chi connectivity index (χ0) is 16.7. The Bertz CT molecular complexity index is 743. The molecule has 0 radical (unpaired) electrons. The molecule has 2 heterocycles. The highest BCUT2D eigenvalue weighted by Gasteiger charge is 2.33. The Morgan fingerprint density at radius 2 is 1.96 bits per heavy atom. The Morgan fingerprint density at radius 3 is 2.62 bits per heavy atom. The first kappa shape index (κ1) is 15.4. The van der Waals surface area contributed by atoms with E-state index >= 15 is 0 Å². The van der Waals surface area contributed by atoms with Gasteiger partial charge in [0, 0.05) is 25.6 Å². The molecule has 0 saturated carbocycles. The molecule has 1 atom stereocenters. The summed E-state index contributed by atoms with van der Waals surface area (Å²) >= 11 is 0. The average molecular weight is 325 g/mol. The minimum absolute atomic E-state index is 0.00124. The molecule has 24 heavy (non-hydrogen) atoms. The molecule has 1 N–H and O–H groups in total. The highest BCUT2D eigenvalue weighted by Crippen LogP contribution is 2.30. The van der Waals surface area contributed by atoms with Gasteiger partial charge in [0.15, 0.2) is 0 Å². The molecule has 1 aromatic heterocycles. The van der Waals surface area contributed by atoms with Crippen LogP contribution < -0.4 is 0 Å². The molecule has 1 aliphatic heterocycles. The molecule has 5 heteroatoms. The van der Waals surface area contributed by atoms with E-state index in [2.05, 4.69) is 29.2 Å². The lowest BCUT2D eigenvalue weighted by molar-refractivity contribution is -0.136. The van der Waals surface area contributed by atoms with E-state index in [1.54, 1.807) is 6.33 Å². The lowest BCUT2D eigenvalue weighted by Gasteiger charge is -2.35. The number of carbonyl (C=O) groups excluding carboxylic acids is 1. The summed E-state index contributed by atoms with van der Waals surface area (Å²) in [5, 5.41) is 9.74. The summed E-state index contributed by atoms with van der Waals surface area (Å²) in [6.45, 7) is 0.515. The van der Waals surface area contributed by atoms with Crippen molar-refractivity contribution >= 4 is 5.91 Å². The van der Waals surface area contributed by atoms with Crippen LogP contribution in [0.15, 0.2) is 30.6 Å². The van der Waals surface area contributed by atoms with Gasteiger partial charge in [-0.1, -0.05) is 24.3 Å². The lowest BCUT2D eigenvalue weighted by Crippen LogP contribution is -2.47. The maximum absolute atomic E-state index is 12.9. The van der Waals surface area contributed by atoms with Gasteiger partial charge in [-0.05, 0) is 29.9 Å². The van der Waals surface area contributed by atoms with Crippen molar-refractivity contribution in [1.29, 1.82) is 0 Å². The van der Waals surface area contributed by atoms with E-state index in [9.17, 15) is 9.90 Å².